The van der Waals surface area contributed by atoms with Crippen LogP contribution in [-0.2, 0) is 0 Å². The molecule has 0 saturated carbocycles. The van der Waals surface area contributed by atoms with E-state index in [4.69, 9.17) is 19.9 Å². The maximum atomic E-state index is 5.18. The lowest BCUT2D eigenvalue weighted by molar-refractivity contribution is 1.18. The van der Waals surface area contributed by atoms with E-state index in [1.165, 1.54) is 5.56 Å². The van der Waals surface area contributed by atoms with Crippen LogP contribution < -0.4 is 0 Å². The molecular weight excluding hydrogens is 633 g/mol. The van der Waals surface area contributed by atoms with Crippen molar-refractivity contribution in [1.29, 1.82) is 0 Å². The van der Waals surface area contributed by atoms with Gasteiger partial charge in [-0.15, -0.1) is 0 Å². The molecule has 3 heterocycles. The van der Waals surface area contributed by atoms with Crippen LogP contribution in [0.3, 0.4) is 0 Å². The van der Waals surface area contributed by atoms with Gasteiger partial charge in [-0.25, -0.2) is 15.0 Å². The monoisotopic (exact) mass is 666 g/mol. The number of pyridine rings is 2. The van der Waals surface area contributed by atoms with Crippen molar-refractivity contribution in [2.24, 2.45) is 0 Å². The van der Waals surface area contributed by atoms with E-state index in [2.05, 4.69) is 140 Å². The van der Waals surface area contributed by atoms with Gasteiger partial charge in [-0.2, -0.15) is 0 Å². The first-order valence-electron chi connectivity index (χ1n) is 17.6. The van der Waals surface area contributed by atoms with E-state index in [1.807, 2.05) is 43.3 Å². The standard InChI is InChI=1S/C48H34N4/c1-31-27-43(50-47-42(31)26-25-36-20-19-32(2)49-46(36)47)41-18-10-17-40(29-41)39-16-9-15-38(28-39)33-21-23-37(24-22-33)48-51-44(34-11-5-3-6-12-34)30-45(52-48)35-13-7-4-8-14-35/h3-30H,1-2H3. The van der Waals surface area contributed by atoms with Crippen molar-refractivity contribution in [3.05, 3.63) is 181 Å². The summed E-state index contributed by atoms with van der Waals surface area (Å²) in [6.45, 7) is 4.18. The molecule has 0 aliphatic rings. The van der Waals surface area contributed by atoms with E-state index in [1.54, 1.807) is 0 Å². The molecule has 246 valence electrons. The van der Waals surface area contributed by atoms with Gasteiger partial charge in [0.2, 0.25) is 0 Å². The minimum absolute atomic E-state index is 0.703. The fourth-order valence-corrected chi connectivity index (χ4v) is 6.92. The summed E-state index contributed by atoms with van der Waals surface area (Å²) in [6.07, 6.45) is 0. The van der Waals surface area contributed by atoms with Crippen molar-refractivity contribution in [2.45, 2.75) is 13.8 Å². The molecule has 0 saturated heterocycles. The Bertz CT molecular complexity index is 2680. The Morgan fingerprint density at radius 1 is 0.327 bits per heavy atom. The average Bonchev–Trinajstić information content (AvgIpc) is 3.21. The third-order valence-corrected chi connectivity index (χ3v) is 9.68. The summed E-state index contributed by atoms with van der Waals surface area (Å²) in [5, 5.41) is 2.24. The number of aromatic nitrogens is 4. The van der Waals surface area contributed by atoms with Gasteiger partial charge in [-0.1, -0.05) is 140 Å². The van der Waals surface area contributed by atoms with Crippen LogP contribution in [0.25, 0.3) is 89.2 Å². The molecule has 52 heavy (non-hydrogen) atoms. The Morgan fingerprint density at radius 3 is 1.50 bits per heavy atom. The lowest BCUT2D eigenvalue weighted by Crippen LogP contribution is -1.95. The maximum Gasteiger partial charge on any atom is 0.160 e. The fourth-order valence-electron chi connectivity index (χ4n) is 6.92. The number of rotatable bonds is 6. The Kier molecular flexibility index (Phi) is 7.90. The summed E-state index contributed by atoms with van der Waals surface area (Å²) < 4.78 is 0. The van der Waals surface area contributed by atoms with Crippen molar-refractivity contribution in [3.63, 3.8) is 0 Å². The topological polar surface area (TPSA) is 51.6 Å². The second kappa shape index (κ2) is 13.2. The molecule has 0 unspecified atom stereocenters. The Labute approximate surface area is 303 Å². The van der Waals surface area contributed by atoms with Crippen LogP contribution in [0.5, 0.6) is 0 Å². The normalized spacial score (nSPS) is 11.3. The fraction of sp³-hybridized carbons (Fsp3) is 0.0417. The van der Waals surface area contributed by atoms with Gasteiger partial charge in [0, 0.05) is 38.7 Å². The van der Waals surface area contributed by atoms with E-state index in [9.17, 15) is 0 Å². The molecule has 0 aliphatic carbocycles. The number of fused-ring (bicyclic) bond motifs is 3. The Hall–Kier alpha value is -6.78. The number of hydrogen-bond acceptors (Lipinski definition) is 4. The molecule has 9 rings (SSSR count). The number of nitrogens with zero attached hydrogens (tertiary/aromatic N) is 4. The largest absolute Gasteiger partial charge is 0.251 e. The van der Waals surface area contributed by atoms with Crippen LogP contribution in [0.15, 0.2) is 170 Å². The predicted molar refractivity (Wildman–Crippen MR) is 215 cm³/mol. The summed E-state index contributed by atoms with van der Waals surface area (Å²) in [6, 6.07) is 59.2. The first-order valence-corrected chi connectivity index (χ1v) is 17.6. The third kappa shape index (κ3) is 6.01. The smallest absolute Gasteiger partial charge is 0.160 e. The van der Waals surface area contributed by atoms with Gasteiger partial charge in [-0.05, 0) is 72.0 Å². The van der Waals surface area contributed by atoms with E-state index in [0.717, 1.165) is 89.1 Å². The zero-order valence-corrected chi connectivity index (χ0v) is 29.0. The molecule has 0 N–H and O–H groups in total. The van der Waals surface area contributed by atoms with Crippen LogP contribution in [0, 0.1) is 13.8 Å². The van der Waals surface area contributed by atoms with Crippen molar-refractivity contribution in [2.75, 3.05) is 0 Å². The summed E-state index contributed by atoms with van der Waals surface area (Å²) >= 11 is 0. The molecule has 0 radical (unpaired) electrons. The van der Waals surface area contributed by atoms with Gasteiger partial charge < -0.3 is 0 Å². The van der Waals surface area contributed by atoms with Crippen LogP contribution >= 0.6 is 0 Å². The highest BCUT2D eigenvalue weighted by Gasteiger charge is 2.13. The minimum Gasteiger partial charge on any atom is -0.251 e. The van der Waals surface area contributed by atoms with Crippen molar-refractivity contribution in [3.8, 4) is 67.4 Å². The van der Waals surface area contributed by atoms with E-state index >= 15 is 0 Å². The van der Waals surface area contributed by atoms with Crippen LogP contribution in [-0.4, -0.2) is 19.9 Å². The number of benzene rings is 6. The Balaban J connectivity index is 1.04. The lowest BCUT2D eigenvalue weighted by Gasteiger charge is -2.12. The third-order valence-electron chi connectivity index (χ3n) is 9.68. The molecule has 0 amide bonds. The SMILES string of the molecule is Cc1ccc2ccc3c(C)cc(-c4cccc(-c5cccc(-c6ccc(-c7nc(-c8ccccc8)cc(-c8ccccc8)n7)cc6)c5)c4)nc3c2n1. The van der Waals surface area contributed by atoms with E-state index in [0.29, 0.717) is 5.82 Å². The molecular formula is C48H34N4. The molecule has 0 fully saturated rings. The van der Waals surface area contributed by atoms with Crippen molar-refractivity contribution in [1.82, 2.24) is 19.9 Å². The number of hydrogen-bond donors (Lipinski definition) is 0. The second-order valence-corrected chi connectivity index (χ2v) is 13.2. The lowest BCUT2D eigenvalue weighted by atomic mass is 9.96. The van der Waals surface area contributed by atoms with Crippen LogP contribution in [0.1, 0.15) is 11.3 Å². The highest BCUT2D eigenvalue weighted by atomic mass is 14.9. The van der Waals surface area contributed by atoms with Crippen LogP contribution in [0.4, 0.5) is 0 Å². The first-order chi connectivity index (χ1) is 25.6. The van der Waals surface area contributed by atoms with Gasteiger partial charge in [0.15, 0.2) is 5.82 Å². The molecule has 6 aromatic carbocycles. The highest BCUT2D eigenvalue weighted by molar-refractivity contribution is 6.04. The molecule has 0 atom stereocenters. The van der Waals surface area contributed by atoms with Gasteiger partial charge in [0.25, 0.3) is 0 Å². The highest BCUT2D eigenvalue weighted by Crippen LogP contribution is 2.34. The predicted octanol–water partition coefficient (Wildman–Crippen LogP) is 12.2. The second-order valence-electron chi connectivity index (χ2n) is 13.2. The average molecular weight is 667 g/mol. The maximum absolute atomic E-state index is 5.18. The van der Waals surface area contributed by atoms with Gasteiger partial charge >= 0.3 is 0 Å². The van der Waals surface area contributed by atoms with Crippen molar-refractivity contribution < 1.29 is 0 Å². The molecule has 4 nitrogen and oxygen atoms in total. The summed E-state index contributed by atoms with van der Waals surface area (Å²) in [5.74, 6) is 0.703. The van der Waals surface area contributed by atoms with E-state index < -0.39 is 0 Å². The quantitative estimate of drug-likeness (QED) is 0.166. The van der Waals surface area contributed by atoms with Crippen LogP contribution in [0.2, 0.25) is 0 Å². The summed E-state index contributed by atoms with van der Waals surface area (Å²) in [4.78, 5) is 20.1. The van der Waals surface area contributed by atoms with Gasteiger partial charge in [0.05, 0.1) is 28.1 Å². The Morgan fingerprint density at radius 2 is 0.846 bits per heavy atom. The summed E-state index contributed by atoms with van der Waals surface area (Å²) in [7, 11) is 0. The first kappa shape index (κ1) is 31.2. The molecule has 0 aliphatic heterocycles. The molecule has 9 aromatic rings. The van der Waals surface area contributed by atoms with Gasteiger partial charge in [-0.3, -0.25) is 4.98 Å². The zero-order valence-electron chi connectivity index (χ0n) is 29.0. The zero-order chi connectivity index (χ0) is 35.0. The minimum atomic E-state index is 0.703. The molecule has 4 heteroatoms. The van der Waals surface area contributed by atoms with Crippen molar-refractivity contribution >= 4 is 21.8 Å². The molecule has 0 bridgehead atoms. The number of aryl methyl sites for hydroxylation is 2. The summed E-state index contributed by atoms with van der Waals surface area (Å²) in [5.41, 5.74) is 15.6. The van der Waals surface area contributed by atoms with Gasteiger partial charge in [0.1, 0.15) is 0 Å². The molecule has 0 spiro atoms. The van der Waals surface area contributed by atoms with E-state index in [-0.39, 0.29) is 0 Å². The molecule has 3 aromatic heterocycles.